The summed E-state index contributed by atoms with van der Waals surface area (Å²) in [5, 5.41) is 17.9. The number of amides is 1. The van der Waals surface area contributed by atoms with Gasteiger partial charge in [0.1, 0.15) is 0 Å². The number of hydrogen-bond acceptors (Lipinski definition) is 7. The highest BCUT2D eigenvalue weighted by molar-refractivity contribution is 5.90. The van der Waals surface area contributed by atoms with Gasteiger partial charge in [0.25, 0.3) is 11.6 Å². The van der Waals surface area contributed by atoms with Crippen LogP contribution >= 0.6 is 0 Å². The van der Waals surface area contributed by atoms with Crippen molar-refractivity contribution in [1.82, 2.24) is 15.1 Å². The van der Waals surface area contributed by atoms with Crippen LogP contribution in [-0.4, -0.2) is 45.8 Å². The van der Waals surface area contributed by atoms with Gasteiger partial charge in [0, 0.05) is 18.2 Å². The molecule has 154 valence electrons. The Hall–Kier alpha value is -3.43. The number of ether oxygens (including phenoxy) is 2. The summed E-state index contributed by atoms with van der Waals surface area (Å²) in [5.41, 5.74) is 0.358. The Kier molecular flexibility index (Phi) is 6.43. The van der Waals surface area contributed by atoms with Crippen LogP contribution in [0.5, 0.6) is 5.75 Å². The predicted octanol–water partition coefficient (Wildman–Crippen LogP) is 2.39. The molecule has 0 aliphatic heterocycles. The molecular formula is C19H22N4O6. The van der Waals surface area contributed by atoms with E-state index in [2.05, 4.69) is 10.4 Å². The fourth-order valence-electron chi connectivity index (χ4n) is 3.15. The van der Waals surface area contributed by atoms with Crippen molar-refractivity contribution in [2.24, 2.45) is 0 Å². The van der Waals surface area contributed by atoms with Crippen LogP contribution in [0, 0.1) is 10.1 Å². The Morgan fingerprint density at radius 2 is 1.97 bits per heavy atom. The van der Waals surface area contributed by atoms with Crippen molar-refractivity contribution < 1.29 is 24.0 Å². The summed E-state index contributed by atoms with van der Waals surface area (Å²) in [6.45, 7) is 1.57. The monoisotopic (exact) mass is 402 g/mol. The lowest BCUT2D eigenvalue weighted by Crippen LogP contribution is -2.36. The first kappa shape index (κ1) is 20.3. The Labute approximate surface area is 166 Å². The van der Waals surface area contributed by atoms with Crippen LogP contribution in [0.15, 0.2) is 30.5 Å². The molecule has 1 heterocycles. The molecule has 0 saturated heterocycles. The topological polar surface area (TPSA) is 126 Å². The molecule has 1 aromatic carbocycles. The van der Waals surface area contributed by atoms with E-state index < -0.39 is 10.9 Å². The van der Waals surface area contributed by atoms with Crippen LogP contribution in [0.1, 0.15) is 43.1 Å². The van der Waals surface area contributed by atoms with Gasteiger partial charge in [-0.2, -0.15) is 5.10 Å². The summed E-state index contributed by atoms with van der Waals surface area (Å²) in [4.78, 5) is 34.6. The third-order valence-corrected chi connectivity index (χ3v) is 4.55. The number of carbonyl (C=O) groups is 2. The maximum absolute atomic E-state index is 12.2. The number of carbonyl (C=O) groups excluding carboxylic acids is 2. The van der Waals surface area contributed by atoms with E-state index in [9.17, 15) is 19.7 Å². The molecule has 2 aromatic rings. The third-order valence-electron chi connectivity index (χ3n) is 4.55. The number of non-ortho nitro benzene ring substituents is 1. The standard InChI is InChI=1S/C19H22N4O6/c1-2-28-19(25)18-16(29-12-17(24)20-13-5-3-4-6-13)11-22(21-18)14-7-9-15(10-8-14)23(26)27/h7-11,13H,2-6,12H2,1H3,(H,20,24). The van der Waals surface area contributed by atoms with Crippen LogP contribution in [0.2, 0.25) is 0 Å². The number of nitrogens with one attached hydrogen (secondary N) is 1. The first-order valence-corrected chi connectivity index (χ1v) is 9.41. The second-order valence-electron chi connectivity index (χ2n) is 6.62. The minimum Gasteiger partial charge on any atom is -0.480 e. The van der Waals surface area contributed by atoms with E-state index in [1.807, 2.05) is 0 Å². The van der Waals surface area contributed by atoms with Gasteiger partial charge in [0.2, 0.25) is 5.69 Å². The molecule has 1 amide bonds. The van der Waals surface area contributed by atoms with Crippen LogP contribution in [0.4, 0.5) is 5.69 Å². The molecule has 1 N–H and O–H groups in total. The molecule has 10 heteroatoms. The van der Waals surface area contributed by atoms with Crippen LogP contribution in [-0.2, 0) is 9.53 Å². The van der Waals surface area contributed by atoms with E-state index in [1.54, 1.807) is 6.92 Å². The fraction of sp³-hybridized carbons (Fsp3) is 0.421. The lowest BCUT2D eigenvalue weighted by atomic mass is 10.2. The van der Waals surface area contributed by atoms with Gasteiger partial charge in [-0.15, -0.1) is 0 Å². The molecule has 0 unspecified atom stereocenters. The zero-order valence-electron chi connectivity index (χ0n) is 16.0. The van der Waals surface area contributed by atoms with Crippen molar-refractivity contribution in [2.75, 3.05) is 13.2 Å². The van der Waals surface area contributed by atoms with Crippen molar-refractivity contribution in [2.45, 2.75) is 38.6 Å². The maximum Gasteiger partial charge on any atom is 0.362 e. The van der Waals surface area contributed by atoms with Crippen molar-refractivity contribution in [1.29, 1.82) is 0 Å². The molecular weight excluding hydrogens is 380 g/mol. The summed E-state index contributed by atoms with van der Waals surface area (Å²) in [6.07, 6.45) is 5.55. The van der Waals surface area contributed by atoms with E-state index in [0.29, 0.717) is 5.69 Å². The van der Waals surface area contributed by atoms with Crippen molar-refractivity contribution in [3.63, 3.8) is 0 Å². The summed E-state index contributed by atoms with van der Waals surface area (Å²) in [6, 6.07) is 5.82. The van der Waals surface area contributed by atoms with Crippen LogP contribution in [0.3, 0.4) is 0 Å². The molecule has 29 heavy (non-hydrogen) atoms. The number of esters is 1. The van der Waals surface area contributed by atoms with E-state index in [4.69, 9.17) is 9.47 Å². The molecule has 1 aliphatic rings. The third kappa shape index (κ3) is 5.09. The van der Waals surface area contributed by atoms with Crippen molar-refractivity contribution >= 4 is 17.6 Å². The van der Waals surface area contributed by atoms with Crippen LogP contribution < -0.4 is 10.1 Å². The molecule has 1 fully saturated rings. The summed E-state index contributed by atoms with van der Waals surface area (Å²) < 4.78 is 11.9. The first-order chi connectivity index (χ1) is 14.0. The lowest BCUT2D eigenvalue weighted by Gasteiger charge is -2.12. The molecule has 1 aromatic heterocycles. The Bertz CT molecular complexity index is 887. The molecule has 0 radical (unpaired) electrons. The Morgan fingerprint density at radius 1 is 1.28 bits per heavy atom. The van der Waals surface area contributed by atoms with Gasteiger partial charge in [0.15, 0.2) is 12.4 Å². The molecule has 10 nitrogen and oxygen atoms in total. The smallest absolute Gasteiger partial charge is 0.362 e. The summed E-state index contributed by atoms with van der Waals surface area (Å²) in [5.74, 6) is -0.850. The largest absolute Gasteiger partial charge is 0.480 e. The highest BCUT2D eigenvalue weighted by Gasteiger charge is 2.22. The minimum atomic E-state index is -0.681. The van der Waals surface area contributed by atoms with E-state index >= 15 is 0 Å². The lowest BCUT2D eigenvalue weighted by molar-refractivity contribution is -0.384. The zero-order valence-corrected chi connectivity index (χ0v) is 16.0. The Balaban J connectivity index is 1.76. The number of nitro benzene ring substituents is 1. The highest BCUT2D eigenvalue weighted by Crippen LogP contribution is 2.23. The molecule has 0 spiro atoms. The van der Waals surface area contributed by atoms with Gasteiger partial charge >= 0.3 is 5.97 Å². The minimum absolute atomic E-state index is 0.0634. The van der Waals surface area contributed by atoms with Gasteiger partial charge in [-0.1, -0.05) is 12.8 Å². The predicted molar refractivity (Wildman–Crippen MR) is 102 cm³/mol. The fourth-order valence-corrected chi connectivity index (χ4v) is 3.15. The average molecular weight is 402 g/mol. The molecule has 3 rings (SSSR count). The van der Waals surface area contributed by atoms with Crippen LogP contribution in [0.25, 0.3) is 5.69 Å². The van der Waals surface area contributed by atoms with Gasteiger partial charge in [-0.3, -0.25) is 14.9 Å². The molecule has 1 aliphatic carbocycles. The first-order valence-electron chi connectivity index (χ1n) is 9.41. The normalized spacial score (nSPS) is 13.8. The quantitative estimate of drug-likeness (QED) is 0.408. The Morgan fingerprint density at radius 3 is 2.59 bits per heavy atom. The SMILES string of the molecule is CCOC(=O)c1nn(-c2ccc([N+](=O)[O-])cc2)cc1OCC(=O)NC1CCCC1. The molecule has 0 atom stereocenters. The van der Waals surface area contributed by atoms with Crippen molar-refractivity contribution in [3.05, 3.63) is 46.3 Å². The van der Waals surface area contributed by atoms with E-state index in [-0.39, 0.29) is 42.3 Å². The maximum atomic E-state index is 12.2. The zero-order chi connectivity index (χ0) is 20.8. The number of rotatable bonds is 8. The number of benzene rings is 1. The molecule has 1 saturated carbocycles. The summed E-state index contributed by atoms with van der Waals surface area (Å²) in [7, 11) is 0. The van der Waals surface area contributed by atoms with Gasteiger partial charge in [0.05, 0.1) is 23.4 Å². The number of nitrogens with zero attached hydrogens (tertiary/aromatic N) is 3. The van der Waals surface area contributed by atoms with Crippen molar-refractivity contribution in [3.8, 4) is 11.4 Å². The van der Waals surface area contributed by atoms with Gasteiger partial charge in [-0.05, 0) is 31.9 Å². The molecule has 0 bridgehead atoms. The highest BCUT2D eigenvalue weighted by atomic mass is 16.6. The number of nitro groups is 1. The second-order valence-corrected chi connectivity index (χ2v) is 6.62. The summed E-state index contributed by atoms with van der Waals surface area (Å²) >= 11 is 0. The van der Waals surface area contributed by atoms with Gasteiger partial charge < -0.3 is 14.8 Å². The second kappa shape index (κ2) is 9.18. The van der Waals surface area contributed by atoms with E-state index in [1.165, 1.54) is 35.1 Å². The van der Waals surface area contributed by atoms with Gasteiger partial charge in [-0.25, -0.2) is 9.48 Å². The number of hydrogen-bond donors (Lipinski definition) is 1. The average Bonchev–Trinajstić information content (AvgIpc) is 3.36. The number of aromatic nitrogens is 2. The van der Waals surface area contributed by atoms with E-state index in [0.717, 1.165) is 25.7 Å².